The van der Waals surface area contributed by atoms with Gasteiger partial charge in [-0.05, 0) is 37.1 Å². The fourth-order valence-electron chi connectivity index (χ4n) is 4.11. The number of piperazine rings is 1. The van der Waals surface area contributed by atoms with E-state index in [-0.39, 0.29) is 12.3 Å². The first-order valence-corrected chi connectivity index (χ1v) is 10.2. The van der Waals surface area contributed by atoms with Crippen molar-refractivity contribution in [1.29, 1.82) is 0 Å². The number of aromatic nitrogens is 2. The van der Waals surface area contributed by atoms with Gasteiger partial charge in [0, 0.05) is 55.4 Å². The average molecular weight is 418 g/mol. The molecule has 1 aromatic carbocycles. The molecule has 4 aromatic rings. The molecule has 0 unspecified atom stereocenters. The maximum Gasteiger partial charge on any atom is 0.340 e. The van der Waals surface area contributed by atoms with Crippen molar-refractivity contribution < 1.29 is 13.6 Å². The Hall–Kier alpha value is -3.68. The van der Waals surface area contributed by atoms with Crippen molar-refractivity contribution in [1.82, 2.24) is 14.9 Å². The SMILES string of the molecule is Cc1coc2cc3oc(=O)c(CC(=O)N4CCN(c5ncccn5)CC4)c(C)c3cc12. The second-order valence-corrected chi connectivity index (χ2v) is 7.85. The number of aryl methyl sites for hydroxylation is 2. The van der Waals surface area contributed by atoms with Crippen LogP contribution in [0.5, 0.6) is 0 Å². The van der Waals surface area contributed by atoms with E-state index in [2.05, 4.69) is 14.9 Å². The van der Waals surface area contributed by atoms with Gasteiger partial charge in [0.05, 0.1) is 18.2 Å². The number of amides is 1. The van der Waals surface area contributed by atoms with Gasteiger partial charge in [-0.15, -0.1) is 0 Å². The molecular formula is C23H22N4O4. The molecular weight excluding hydrogens is 396 g/mol. The van der Waals surface area contributed by atoms with Crippen LogP contribution in [-0.2, 0) is 11.2 Å². The van der Waals surface area contributed by atoms with E-state index in [1.807, 2.05) is 19.9 Å². The van der Waals surface area contributed by atoms with Crippen molar-refractivity contribution in [3.05, 3.63) is 64.0 Å². The Morgan fingerprint density at radius 3 is 2.52 bits per heavy atom. The summed E-state index contributed by atoms with van der Waals surface area (Å²) >= 11 is 0. The summed E-state index contributed by atoms with van der Waals surface area (Å²) in [5, 5.41) is 1.80. The normalized spacial score (nSPS) is 14.5. The number of fused-ring (bicyclic) bond motifs is 2. The largest absolute Gasteiger partial charge is 0.464 e. The fourth-order valence-corrected chi connectivity index (χ4v) is 4.11. The van der Waals surface area contributed by atoms with Gasteiger partial charge in [-0.1, -0.05) is 0 Å². The van der Waals surface area contributed by atoms with E-state index < -0.39 is 5.63 Å². The second-order valence-electron chi connectivity index (χ2n) is 7.85. The number of rotatable bonds is 3. The molecule has 0 radical (unpaired) electrons. The van der Waals surface area contributed by atoms with E-state index in [0.29, 0.717) is 48.9 Å². The number of anilines is 1. The van der Waals surface area contributed by atoms with Gasteiger partial charge >= 0.3 is 5.63 Å². The van der Waals surface area contributed by atoms with E-state index in [1.165, 1.54) is 0 Å². The summed E-state index contributed by atoms with van der Waals surface area (Å²) in [7, 11) is 0. The summed E-state index contributed by atoms with van der Waals surface area (Å²) in [6, 6.07) is 5.48. The van der Waals surface area contributed by atoms with Crippen LogP contribution in [0, 0.1) is 13.8 Å². The first kappa shape index (κ1) is 19.3. The van der Waals surface area contributed by atoms with Gasteiger partial charge in [-0.3, -0.25) is 4.79 Å². The maximum absolute atomic E-state index is 13.0. The van der Waals surface area contributed by atoms with Crippen LogP contribution in [0.2, 0.25) is 0 Å². The zero-order valence-corrected chi connectivity index (χ0v) is 17.4. The molecule has 3 aromatic heterocycles. The zero-order chi connectivity index (χ0) is 21.5. The molecule has 8 nitrogen and oxygen atoms in total. The fraction of sp³-hybridized carbons (Fsp3) is 0.304. The summed E-state index contributed by atoms with van der Waals surface area (Å²) in [5.41, 5.74) is 2.87. The molecule has 31 heavy (non-hydrogen) atoms. The summed E-state index contributed by atoms with van der Waals surface area (Å²) in [6.07, 6.45) is 5.12. The lowest BCUT2D eigenvalue weighted by molar-refractivity contribution is -0.130. The van der Waals surface area contributed by atoms with Gasteiger partial charge in [-0.2, -0.15) is 0 Å². The molecule has 1 aliphatic rings. The third-order valence-corrected chi connectivity index (χ3v) is 5.97. The van der Waals surface area contributed by atoms with Crippen LogP contribution in [0.1, 0.15) is 16.7 Å². The number of hydrogen-bond acceptors (Lipinski definition) is 7. The van der Waals surface area contributed by atoms with Gasteiger partial charge in [-0.25, -0.2) is 14.8 Å². The molecule has 4 heterocycles. The van der Waals surface area contributed by atoms with Crippen LogP contribution in [0.3, 0.4) is 0 Å². The van der Waals surface area contributed by atoms with Gasteiger partial charge in [0.2, 0.25) is 11.9 Å². The first-order chi connectivity index (χ1) is 15.0. The third-order valence-electron chi connectivity index (χ3n) is 5.97. The van der Waals surface area contributed by atoms with Gasteiger partial charge < -0.3 is 18.6 Å². The van der Waals surface area contributed by atoms with E-state index in [9.17, 15) is 9.59 Å². The van der Waals surface area contributed by atoms with Crippen LogP contribution in [0.15, 0.2) is 50.5 Å². The number of hydrogen-bond donors (Lipinski definition) is 0. The van der Waals surface area contributed by atoms with Crippen LogP contribution >= 0.6 is 0 Å². The van der Waals surface area contributed by atoms with Gasteiger partial charge in [0.25, 0.3) is 0 Å². The standard InChI is InChI=1S/C23H22N4O4/c1-14-13-30-19-12-20-17(10-16(14)19)15(2)18(22(29)31-20)11-21(28)26-6-8-27(9-7-26)23-24-4-3-5-25-23/h3-5,10,12-13H,6-9,11H2,1-2H3. The van der Waals surface area contributed by atoms with Crippen molar-refractivity contribution in [2.75, 3.05) is 31.1 Å². The van der Waals surface area contributed by atoms with E-state index in [1.54, 1.807) is 35.7 Å². The number of nitrogens with zero attached hydrogens (tertiary/aromatic N) is 4. The Bertz CT molecular complexity index is 1330. The number of furan rings is 1. The predicted octanol–water partition coefficient (Wildman–Crippen LogP) is 2.84. The minimum absolute atomic E-state index is 0.0222. The monoisotopic (exact) mass is 418 g/mol. The summed E-state index contributed by atoms with van der Waals surface area (Å²) < 4.78 is 11.1. The number of benzene rings is 1. The highest BCUT2D eigenvalue weighted by Gasteiger charge is 2.24. The molecule has 1 fully saturated rings. The Balaban J connectivity index is 1.37. The number of carbonyl (C=O) groups excluding carboxylic acids is 1. The molecule has 1 saturated heterocycles. The van der Waals surface area contributed by atoms with Crippen molar-refractivity contribution in [2.24, 2.45) is 0 Å². The summed E-state index contributed by atoms with van der Waals surface area (Å²) in [4.78, 5) is 38.0. The topological polar surface area (TPSA) is 92.7 Å². The van der Waals surface area contributed by atoms with Crippen molar-refractivity contribution in [2.45, 2.75) is 20.3 Å². The van der Waals surface area contributed by atoms with Crippen molar-refractivity contribution >= 4 is 33.8 Å². The molecule has 1 aliphatic heterocycles. The average Bonchev–Trinajstić information content (AvgIpc) is 3.16. The Labute approximate surface area is 178 Å². The molecule has 0 saturated carbocycles. The van der Waals surface area contributed by atoms with Crippen LogP contribution in [0.25, 0.3) is 21.9 Å². The Morgan fingerprint density at radius 2 is 1.77 bits per heavy atom. The predicted molar refractivity (Wildman–Crippen MR) is 116 cm³/mol. The Morgan fingerprint density at radius 1 is 1.03 bits per heavy atom. The maximum atomic E-state index is 13.0. The van der Waals surface area contributed by atoms with Gasteiger partial charge in [0.15, 0.2) is 0 Å². The molecule has 158 valence electrons. The lowest BCUT2D eigenvalue weighted by atomic mass is 10.0. The minimum atomic E-state index is -0.475. The summed E-state index contributed by atoms with van der Waals surface area (Å²) in [6.45, 7) is 6.26. The molecule has 5 rings (SSSR count). The Kier molecular flexibility index (Phi) is 4.69. The zero-order valence-electron chi connectivity index (χ0n) is 17.4. The third kappa shape index (κ3) is 3.43. The molecule has 0 atom stereocenters. The first-order valence-electron chi connectivity index (χ1n) is 10.2. The minimum Gasteiger partial charge on any atom is -0.464 e. The lowest BCUT2D eigenvalue weighted by Crippen LogP contribution is -2.49. The molecule has 1 amide bonds. The van der Waals surface area contributed by atoms with Crippen molar-refractivity contribution in [3.63, 3.8) is 0 Å². The quantitative estimate of drug-likeness (QED) is 0.472. The highest BCUT2D eigenvalue weighted by atomic mass is 16.4. The molecule has 0 N–H and O–H groups in total. The second kappa shape index (κ2) is 7.54. The van der Waals surface area contributed by atoms with Gasteiger partial charge in [0.1, 0.15) is 11.2 Å². The molecule has 0 bridgehead atoms. The van der Waals surface area contributed by atoms with E-state index >= 15 is 0 Å². The van der Waals surface area contributed by atoms with Crippen molar-refractivity contribution in [3.8, 4) is 0 Å². The molecule has 0 aliphatic carbocycles. The molecule has 0 spiro atoms. The summed E-state index contributed by atoms with van der Waals surface area (Å²) in [5.74, 6) is 0.588. The smallest absolute Gasteiger partial charge is 0.340 e. The highest BCUT2D eigenvalue weighted by Crippen LogP contribution is 2.29. The van der Waals surface area contributed by atoms with Crippen LogP contribution in [-0.4, -0.2) is 47.0 Å². The van der Waals surface area contributed by atoms with E-state index in [0.717, 1.165) is 21.9 Å². The lowest BCUT2D eigenvalue weighted by Gasteiger charge is -2.34. The highest BCUT2D eigenvalue weighted by molar-refractivity contribution is 5.96. The van der Waals surface area contributed by atoms with E-state index in [4.69, 9.17) is 8.83 Å². The van der Waals surface area contributed by atoms with Crippen LogP contribution in [0.4, 0.5) is 5.95 Å². The molecule has 8 heteroatoms. The van der Waals surface area contributed by atoms with Crippen LogP contribution < -0.4 is 10.5 Å². The number of carbonyl (C=O) groups is 1.